The molecular weight excluding hydrogens is 369 g/mol. The lowest BCUT2D eigenvalue weighted by Crippen LogP contribution is -2.44. The molecule has 1 aromatic carbocycles. The first-order valence-corrected chi connectivity index (χ1v) is 10.8. The van der Waals surface area contributed by atoms with Crippen molar-refractivity contribution in [3.8, 4) is 11.4 Å². The van der Waals surface area contributed by atoms with Crippen molar-refractivity contribution >= 4 is 32.1 Å². The number of anilines is 1. The molecule has 0 spiro atoms. The maximum absolute atomic E-state index is 6.02. The van der Waals surface area contributed by atoms with Crippen LogP contribution < -0.4 is 10.6 Å². The molecule has 2 N–H and O–H groups in total. The molecule has 1 saturated heterocycles. The van der Waals surface area contributed by atoms with Crippen molar-refractivity contribution in [3.05, 3.63) is 36.4 Å². The molecule has 0 amide bonds. The summed E-state index contributed by atoms with van der Waals surface area (Å²) in [6, 6.07) is 11.9. The van der Waals surface area contributed by atoms with Gasteiger partial charge in [0.1, 0.15) is 5.82 Å². The zero-order valence-corrected chi connectivity index (χ0v) is 17.1. The van der Waals surface area contributed by atoms with Gasteiger partial charge in [-0.1, -0.05) is 38.9 Å². The fourth-order valence-corrected chi connectivity index (χ4v) is 3.92. The zero-order chi connectivity index (χ0) is 19.3. The number of rotatable bonds is 5. The average molecular weight is 395 g/mol. The highest BCUT2D eigenvalue weighted by molar-refractivity contribution is 7.56. The van der Waals surface area contributed by atoms with Crippen LogP contribution in [0.4, 0.5) is 11.6 Å². The largest absolute Gasteiger partial charge is 0.368 e. The number of aliphatic imine (C=N–C) groups is 2. The highest BCUT2D eigenvalue weighted by Crippen LogP contribution is 2.37. The molecule has 146 valence electrons. The predicted octanol–water partition coefficient (Wildman–Crippen LogP) is 2.71. The molecule has 28 heavy (non-hydrogen) atoms. The molecule has 1 aromatic heterocycles. The van der Waals surface area contributed by atoms with Gasteiger partial charge in [0.05, 0.1) is 0 Å². The first-order chi connectivity index (χ1) is 13.7. The van der Waals surface area contributed by atoms with Gasteiger partial charge in [0, 0.05) is 43.8 Å². The average Bonchev–Trinajstić information content (AvgIpc) is 3.53. The van der Waals surface area contributed by atoms with E-state index in [0.29, 0.717) is 11.6 Å². The van der Waals surface area contributed by atoms with Gasteiger partial charge in [-0.15, -0.1) is 0 Å². The van der Waals surface area contributed by atoms with E-state index in [1.807, 2.05) is 42.4 Å². The Hall–Kier alpha value is -2.37. The first kappa shape index (κ1) is 19.0. The lowest BCUT2D eigenvalue weighted by atomic mass is 10.2. The van der Waals surface area contributed by atoms with E-state index in [4.69, 9.17) is 10.7 Å². The molecule has 2 aromatic rings. The summed E-state index contributed by atoms with van der Waals surface area (Å²) in [6.45, 7) is 3.89. The summed E-state index contributed by atoms with van der Waals surface area (Å²) in [5.74, 6) is 4.24. The Morgan fingerprint density at radius 3 is 2.61 bits per heavy atom. The van der Waals surface area contributed by atoms with E-state index < -0.39 is 0 Å². The van der Waals surface area contributed by atoms with Gasteiger partial charge < -0.3 is 15.5 Å². The lowest BCUT2D eigenvalue weighted by Gasteiger charge is -2.33. The minimum absolute atomic E-state index is 0.246. The van der Waals surface area contributed by atoms with Crippen LogP contribution in [0.2, 0.25) is 0 Å². The third kappa shape index (κ3) is 5.12. The number of nitrogens with two attached hydrogens (primary N) is 1. The Balaban J connectivity index is 1.62. The van der Waals surface area contributed by atoms with E-state index in [1.54, 1.807) is 0 Å². The number of hydrogen-bond acceptors (Lipinski definition) is 5. The number of hydrogen-bond donors (Lipinski definition) is 1. The molecular formula is C20H26N7P. The SMILES string of the molecule is CN1CCN(c2cc(N=C(N)N=CPC3CC3)nc(-c3ccccc3)n2)CC1. The molecule has 4 rings (SSSR count). The number of likely N-dealkylation sites (N-methyl/N-ethyl adjacent to an activating group) is 1. The fourth-order valence-electron chi connectivity index (χ4n) is 3.00. The van der Waals surface area contributed by atoms with Gasteiger partial charge in [0.25, 0.3) is 0 Å². The first-order valence-electron chi connectivity index (χ1n) is 9.68. The van der Waals surface area contributed by atoms with Crippen LogP contribution in [-0.2, 0) is 0 Å². The van der Waals surface area contributed by atoms with Gasteiger partial charge in [0.2, 0.25) is 5.96 Å². The number of aromatic nitrogens is 2. The van der Waals surface area contributed by atoms with Crippen LogP contribution in [0.1, 0.15) is 12.8 Å². The van der Waals surface area contributed by atoms with E-state index in [2.05, 4.69) is 31.8 Å². The third-order valence-electron chi connectivity index (χ3n) is 4.87. The van der Waals surface area contributed by atoms with Crippen molar-refractivity contribution in [2.45, 2.75) is 18.5 Å². The van der Waals surface area contributed by atoms with Gasteiger partial charge >= 0.3 is 0 Å². The third-order valence-corrected chi connectivity index (χ3v) is 6.20. The topological polar surface area (TPSA) is 83.0 Å². The van der Waals surface area contributed by atoms with Crippen molar-refractivity contribution in [1.82, 2.24) is 14.9 Å². The second-order valence-corrected chi connectivity index (χ2v) is 8.64. The molecule has 7 nitrogen and oxygen atoms in total. The molecule has 2 aliphatic rings. The summed E-state index contributed by atoms with van der Waals surface area (Å²) in [7, 11) is 2.87. The van der Waals surface area contributed by atoms with Crippen LogP contribution in [0.5, 0.6) is 0 Å². The smallest absolute Gasteiger partial charge is 0.222 e. The molecule has 0 bridgehead atoms. The Labute approximate surface area is 167 Å². The van der Waals surface area contributed by atoms with Gasteiger partial charge in [-0.3, -0.25) is 0 Å². The summed E-state index contributed by atoms with van der Waals surface area (Å²) >= 11 is 0. The summed E-state index contributed by atoms with van der Waals surface area (Å²) in [5, 5.41) is 0. The van der Waals surface area contributed by atoms with Gasteiger partial charge in [-0.25, -0.2) is 15.0 Å². The minimum Gasteiger partial charge on any atom is -0.368 e. The lowest BCUT2D eigenvalue weighted by molar-refractivity contribution is 0.312. The number of nitrogens with zero attached hydrogens (tertiary/aromatic N) is 6. The monoisotopic (exact) mass is 395 g/mol. The second kappa shape index (κ2) is 8.76. The quantitative estimate of drug-likeness (QED) is 0.478. The zero-order valence-electron chi connectivity index (χ0n) is 16.1. The second-order valence-electron chi connectivity index (χ2n) is 7.23. The van der Waals surface area contributed by atoms with Crippen molar-refractivity contribution in [3.63, 3.8) is 0 Å². The Kier molecular flexibility index (Phi) is 5.93. The van der Waals surface area contributed by atoms with Crippen LogP contribution >= 0.6 is 8.58 Å². The van der Waals surface area contributed by atoms with Crippen molar-refractivity contribution in [2.75, 3.05) is 38.1 Å². The molecule has 8 heteroatoms. The maximum Gasteiger partial charge on any atom is 0.222 e. The molecule has 1 aliphatic heterocycles. The van der Waals surface area contributed by atoms with Crippen LogP contribution in [-0.4, -0.2) is 65.7 Å². The standard InChI is InChI=1S/C20H26N7P/c1-26-9-11-27(12-10-26)18-13-17(24-20(21)22-14-28-16-7-8-16)23-19(25-18)15-5-3-2-4-6-15/h2-6,13-14,16,28H,7-12H2,1H3,(H2,21,23,24,25). The highest BCUT2D eigenvalue weighted by atomic mass is 31.1. The van der Waals surface area contributed by atoms with Crippen molar-refractivity contribution in [1.29, 1.82) is 0 Å². The molecule has 1 saturated carbocycles. The molecule has 2 fully saturated rings. The van der Waals surface area contributed by atoms with Crippen LogP contribution in [0.15, 0.2) is 46.4 Å². The maximum atomic E-state index is 6.02. The van der Waals surface area contributed by atoms with Crippen molar-refractivity contribution in [2.24, 2.45) is 15.7 Å². The summed E-state index contributed by atoms with van der Waals surface area (Å²) in [6.07, 6.45) is 2.62. The molecule has 0 radical (unpaired) electrons. The molecule has 2 heterocycles. The van der Waals surface area contributed by atoms with Crippen LogP contribution in [0.25, 0.3) is 11.4 Å². The van der Waals surface area contributed by atoms with Gasteiger partial charge in [-0.2, -0.15) is 4.99 Å². The van der Waals surface area contributed by atoms with Gasteiger partial charge in [0.15, 0.2) is 11.6 Å². The number of benzene rings is 1. The minimum atomic E-state index is 0.246. The Morgan fingerprint density at radius 2 is 1.89 bits per heavy atom. The fraction of sp³-hybridized carbons (Fsp3) is 0.400. The molecule has 1 aliphatic carbocycles. The van der Waals surface area contributed by atoms with E-state index >= 15 is 0 Å². The molecule has 1 atom stereocenters. The van der Waals surface area contributed by atoms with E-state index in [1.165, 1.54) is 12.8 Å². The summed E-state index contributed by atoms with van der Waals surface area (Å²) in [5.41, 5.74) is 7.80. The number of guanidine groups is 1. The predicted molar refractivity (Wildman–Crippen MR) is 118 cm³/mol. The normalized spacial score (nSPS) is 19.2. The highest BCUT2D eigenvalue weighted by Gasteiger charge is 2.20. The molecule has 1 unspecified atom stereocenters. The summed E-state index contributed by atoms with van der Waals surface area (Å²) < 4.78 is 0. The van der Waals surface area contributed by atoms with Crippen LogP contribution in [0.3, 0.4) is 0 Å². The van der Waals surface area contributed by atoms with Crippen LogP contribution in [0, 0.1) is 0 Å². The van der Waals surface area contributed by atoms with Crippen molar-refractivity contribution < 1.29 is 0 Å². The van der Waals surface area contributed by atoms with E-state index in [-0.39, 0.29) is 5.96 Å². The Morgan fingerprint density at radius 1 is 1.14 bits per heavy atom. The van der Waals surface area contributed by atoms with E-state index in [9.17, 15) is 0 Å². The Bertz CT molecular complexity index is 856. The summed E-state index contributed by atoms with van der Waals surface area (Å²) in [4.78, 5) is 22.8. The number of piperazine rings is 1. The van der Waals surface area contributed by atoms with Gasteiger partial charge in [-0.05, 0) is 25.5 Å². The van der Waals surface area contributed by atoms with E-state index in [0.717, 1.165) is 51.8 Å².